The molecule has 17 nitrogen and oxygen atoms in total. The zero-order valence-corrected chi connectivity index (χ0v) is 28.1. The Hall–Kier alpha value is -5.20. The van der Waals surface area contributed by atoms with E-state index >= 15 is 0 Å². The third kappa shape index (κ3) is 6.56. The van der Waals surface area contributed by atoms with Crippen molar-refractivity contribution in [2.75, 3.05) is 54.4 Å². The van der Waals surface area contributed by atoms with Crippen LogP contribution in [0.1, 0.15) is 64.0 Å². The lowest BCUT2D eigenvalue weighted by Crippen LogP contribution is -2.56. The van der Waals surface area contributed by atoms with Gasteiger partial charge in [0.15, 0.2) is 5.82 Å². The number of anilines is 4. The van der Waals surface area contributed by atoms with Crippen LogP contribution in [-0.2, 0) is 9.59 Å². The molecule has 2 aromatic heterocycles. The third-order valence-electron chi connectivity index (χ3n) is 9.37. The van der Waals surface area contributed by atoms with Crippen molar-refractivity contribution in [3.05, 3.63) is 53.0 Å². The second-order valence-electron chi connectivity index (χ2n) is 12.8. The first-order valence-electron chi connectivity index (χ1n) is 16.5. The van der Waals surface area contributed by atoms with Gasteiger partial charge in [-0.3, -0.25) is 29.4 Å². The van der Waals surface area contributed by atoms with E-state index in [9.17, 15) is 29.1 Å². The second kappa shape index (κ2) is 13.6. The van der Waals surface area contributed by atoms with Crippen LogP contribution in [0.2, 0.25) is 0 Å². The van der Waals surface area contributed by atoms with Gasteiger partial charge in [0, 0.05) is 57.4 Å². The van der Waals surface area contributed by atoms with E-state index in [1.54, 1.807) is 29.3 Å². The number of imide groups is 2. The van der Waals surface area contributed by atoms with Crippen LogP contribution in [0.25, 0.3) is 0 Å². The molecule has 50 heavy (non-hydrogen) atoms. The van der Waals surface area contributed by atoms with E-state index in [1.807, 2.05) is 13.0 Å². The molecule has 0 radical (unpaired) electrons. The Labute approximate surface area is 291 Å². The standard InChI is InChI=1S/C32H37N11O6S/c1-17-13-25(50-39-17)38-28-26(27(33)45)34-15-23(36-28)42-8-2-3-18(16-42)35-32(49)41-11-9-40(10-12-41)19-4-5-20-21(14-19)31(48)43(30(20)47)22-6-7-24(44)37-29(22)46/h4-5,13-15,18,22,27,45H,2-3,6-12,16,33H2,1H3,(H,35,49)(H,36,38)(H,37,44,46)/t18-,22?,27?/m1/s1. The quantitative estimate of drug-likeness (QED) is 0.170. The van der Waals surface area contributed by atoms with Crippen LogP contribution in [-0.4, -0.2) is 110 Å². The van der Waals surface area contributed by atoms with Crippen molar-refractivity contribution < 1.29 is 29.1 Å². The molecule has 0 saturated carbocycles. The van der Waals surface area contributed by atoms with Gasteiger partial charge in [-0.05, 0) is 62.0 Å². The molecule has 6 heterocycles. The zero-order valence-electron chi connectivity index (χ0n) is 27.3. The predicted octanol–water partition coefficient (Wildman–Crippen LogP) is 0.837. The van der Waals surface area contributed by atoms with Crippen LogP contribution in [0.4, 0.5) is 27.1 Å². The summed E-state index contributed by atoms with van der Waals surface area (Å²) < 4.78 is 4.27. The fraction of sp³-hybridized carbons (Fsp3) is 0.438. The number of piperidine rings is 2. The fourth-order valence-electron chi connectivity index (χ4n) is 6.78. The molecule has 6 amide bonds. The Balaban J connectivity index is 0.949. The number of benzene rings is 1. The number of piperazine rings is 1. The molecule has 18 heteroatoms. The van der Waals surface area contributed by atoms with Crippen LogP contribution in [0.15, 0.2) is 30.5 Å². The Kier molecular flexibility index (Phi) is 9.06. The zero-order chi connectivity index (χ0) is 35.1. The van der Waals surface area contributed by atoms with Crippen molar-refractivity contribution >= 4 is 63.5 Å². The van der Waals surface area contributed by atoms with Crippen LogP contribution >= 0.6 is 11.5 Å². The third-order valence-corrected chi connectivity index (χ3v) is 10.2. The summed E-state index contributed by atoms with van der Waals surface area (Å²) in [7, 11) is 0. The minimum Gasteiger partial charge on any atom is -0.373 e. The Morgan fingerprint density at radius 1 is 1.04 bits per heavy atom. The minimum atomic E-state index is -1.31. The molecule has 0 bridgehead atoms. The number of hydrogen-bond donors (Lipinski definition) is 5. The first-order chi connectivity index (χ1) is 24.0. The van der Waals surface area contributed by atoms with Crippen molar-refractivity contribution in [2.45, 2.75) is 50.9 Å². The maximum atomic E-state index is 13.3. The van der Waals surface area contributed by atoms with Crippen LogP contribution in [0.3, 0.4) is 0 Å². The highest BCUT2D eigenvalue weighted by Crippen LogP contribution is 2.31. The van der Waals surface area contributed by atoms with Crippen molar-refractivity contribution in [3.8, 4) is 0 Å². The van der Waals surface area contributed by atoms with Gasteiger partial charge in [-0.2, -0.15) is 4.37 Å². The monoisotopic (exact) mass is 703 g/mol. The number of aromatic nitrogens is 3. The van der Waals surface area contributed by atoms with Gasteiger partial charge < -0.3 is 36.2 Å². The summed E-state index contributed by atoms with van der Waals surface area (Å²) in [5.41, 5.74) is 8.00. The van der Waals surface area contributed by atoms with E-state index in [4.69, 9.17) is 10.7 Å². The first kappa shape index (κ1) is 33.3. The van der Waals surface area contributed by atoms with E-state index in [2.05, 4.69) is 35.1 Å². The van der Waals surface area contributed by atoms with Crippen molar-refractivity contribution in [2.24, 2.45) is 5.73 Å². The molecule has 3 aromatic rings. The number of carbonyl (C=O) groups is 5. The van der Waals surface area contributed by atoms with Gasteiger partial charge in [-0.1, -0.05) is 0 Å². The number of nitrogens with one attached hydrogen (secondary N) is 3. The van der Waals surface area contributed by atoms with Crippen LogP contribution in [0, 0.1) is 6.92 Å². The Morgan fingerprint density at radius 3 is 2.54 bits per heavy atom. The number of hydrogen-bond acceptors (Lipinski definition) is 14. The second-order valence-corrected chi connectivity index (χ2v) is 13.6. The Morgan fingerprint density at radius 2 is 1.82 bits per heavy atom. The lowest BCUT2D eigenvalue weighted by Gasteiger charge is -2.38. The summed E-state index contributed by atoms with van der Waals surface area (Å²) in [5, 5.41) is 19.4. The van der Waals surface area contributed by atoms with Gasteiger partial charge >= 0.3 is 6.03 Å². The topological polar surface area (TPSA) is 219 Å². The number of amides is 6. The molecule has 3 saturated heterocycles. The maximum absolute atomic E-state index is 13.3. The molecular weight excluding hydrogens is 666 g/mol. The molecule has 6 N–H and O–H groups in total. The molecule has 1 aromatic carbocycles. The van der Waals surface area contributed by atoms with Gasteiger partial charge in [-0.15, -0.1) is 0 Å². The van der Waals surface area contributed by atoms with E-state index in [0.29, 0.717) is 44.4 Å². The Bertz CT molecular complexity index is 1860. The average molecular weight is 704 g/mol. The van der Waals surface area contributed by atoms with E-state index in [0.717, 1.165) is 40.7 Å². The molecule has 0 aliphatic carbocycles. The van der Waals surface area contributed by atoms with Gasteiger partial charge in [0.1, 0.15) is 28.8 Å². The molecule has 4 aliphatic heterocycles. The number of carbonyl (C=O) groups excluding carboxylic acids is 5. The van der Waals surface area contributed by atoms with Gasteiger partial charge in [0.25, 0.3) is 11.8 Å². The lowest BCUT2D eigenvalue weighted by molar-refractivity contribution is -0.136. The maximum Gasteiger partial charge on any atom is 0.317 e. The summed E-state index contributed by atoms with van der Waals surface area (Å²) in [6, 6.07) is 5.59. The number of aliphatic hydroxyl groups excluding tert-OH is 1. The normalized spacial score (nSPS) is 21.7. The summed E-state index contributed by atoms with van der Waals surface area (Å²) >= 11 is 1.27. The minimum absolute atomic E-state index is 0.0578. The summed E-state index contributed by atoms with van der Waals surface area (Å²) in [6.07, 6.45) is 2.05. The average Bonchev–Trinajstić information content (AvgIpc) is 3.63. The number of urea groups is 1. The van der Waals surface area contributed by atoms with Crippen LogP contribution < -0.4 is 31.5 Å². The molecule has 0 spiro atoms. The van der Waals surface area contributed by atoms with Crippen molar-refractivity contribution in [1.82, 2.24) is 34.8 Å². The number of nitrogens with two attached hydrogens (primary N) is 1. The molecular formula is C32H37N11O6S. The largest absolute Gasteiger partial charge is 0.373 e. The van der Waals surface area contributed by atoms with Crippen LogP contribution in [0.5, 0.6) is 0 Å². The number of fused-ring (bicyclic) bond motifs is 1. The fourth-order valence-corrected chi connectivity index (χ4v) is 7.44. The summed E-state index contributed by atoms with van der Waals surface area (Å²) in [6.45, 7) is 5.08. The lowest BCUT2D eigenvalue weighted by atomic mass is 10.0. The number of aliphatic hydroxyl groups is 1. The number of rotatable bonds is 7. The smallest absolute Gasteiger partial charge is 0.317 e. The SMILES string of the molecule is Cc1cc(Nc2nc(N3CCC[C@@H](NC(=O)N4CCN(c5ccc6c(c5)C(=O)N(C5CCC(=O)NC5=O)C6=O)CC4)C3)cnc2C(N)O)sn1. The van der Waals surface area contributed by atoms with Gasteiger partial charge in [0.05, 0.1) is 23.0 Å². The highest BCUT2D eigenvalue weighted by Gasteiger charge is 2.45. The highest BCUT2D eigenvalue weighted by molar-refractivity contribution is 7.10. The molecule has 4 aliphatic rings. The molecule has 3 fully saturated rings. The highest BCUT2D eigenvalue weighted by atomic mass is 32.1. The van der Waals surface area contributed by atoms with Crippen molar-refractivity contribution in [1.29, 1.82) is 0 Å². The molecule has 262 valence electrons. The number of aryl methyl sites for hydroxylation is 1. The van der Waals surface area contributed by atoms with E-state index in [-0.39, 0.29) is 41.7 Å². The molecule has 7 rings (SSSR count). The van der Waals surface area contributed by atoms with E-state index < -0.39 is 35.9 Å². The van der Waals surface area contributed by atoms with Gasteiger partial charge in [-0.25, -0.2) is 14.8 Å². The van der Waals surface area contributed by atoms with Gasteiger partial charge in [0.2, 0.25) is 11.8 Å². The number of nitrogens with zero attached hydrogens (tertiary/aromatic N) is 7. The summed E-state index contributed by atoms with van der Waals surface area (Å²) in [4.78, 5) is 79.6. The van der Waals surface area contributed by atoms with Crippen molar-refractivity contribution in [3.63, 3.8) is 0 Å². The first-order valence-corrected chi connectivity index (χ1v) is 17.2. The molecule has 3 atom stereocenters. The van der Waals surface area contributed by atoms with E-state index in [1.165, 1.54) is 11.5 Å². The molecule has 2 unspecified atom stereocenters. The predicted molar refractivity (Wildman–Crippen MR) is 182 cm³/mol. The summed E-state index contributed by atoms with van der Waals surface area (Å²) in [5.74, 6) is -1.23.